The predicted molar refractivity (Wildman–Crippen MR) is 41.0 cm³/mol. The van der Waals surface area contributed by atoms with Gasteiger partial charge in [-0.3, -0.25) is 0 Å². The number of nitrogens with zero attached hydrogens (tertiary/aromatic N) is 1. The van der Waals surface area contributed by atoms with E-state index in [9.17, 15) is 0 Å². The first-order valence-corrected chi connectivity index (χ1v) is 3.43. The zero-order chi connectivity index (χ0) is 6.73. The van der Waals surface area contributed by atoms with E-state index in [-0.39, 0.29) is 0 Å². The summed E-state index contributed by atoms with van der Waals surface area (Å²) in [5.41, 5.74) is 5.26. The minimum absolute atomic E-state index is 0.488. The molecule has 0 unspecified atom stereocenters. The fourth-order valence-electron chi connectivity index (χ4n) is 0.168. The topological polar surface area (TPSA) is 55.3 Å². The van der Waals surface area contributed by atoms with E-state index in [2.05, 4.69) is 31.9 Å². The van der Waals surface area contributed by atoms with E-state index in [1.807, 2.05) is 0 Å². The molecule has 0 saturated carbocycles. The monoisotopic (exact) mass is 243 g/mol. The van der Waals surface area contributed by atoms with Gasteiger partial charge in [-0.2, -0.15) is 0 Å². The molecule has 0 atom stereocenters. The molecule has 3 nitrogen and oxygen atoms in total. The van der Waals surface area contributed by atoms with E-state index in [1.54, 1.807) is 7.05 Å². The molecule has 0 fully saturated rings. The second-order valence-corrected chi connectivity index (χ2v) is 2.86. The Kier molecular flexibility index (Phi) is 3.43. The quantitative estimate of drug-likeness (QED) is 0.405. The van der Waals surface area contributed by atoms with Crippen LogP contribution in [0.15, 0.2) is 9.21 Å². The van der Waals surface area contributed by atoms with E-state index in [1.165, 1.54) is 5.01 Å². The maximum atomic E-state index is 5.26. The van der Waals surface area contributed by atoms with Gasteiger partial charge < -0.3 is 10.7 Å². The van der Waals surface area contributed by atoms with E-state index < -0.39 is 0 Å². The van der Waals surface area contributed by atoms with Crippen molar-refractivity contribution in [1.29, 1.82) is 0 Å². The molecule has 8 heavy (non-hydrogen) atoms. The van der Waals surface area contributed by atoms with Gasteiger partial charge in [0.15, 0.2) is 0 Å². The number of hydrogen-bond donors (Lipinski definition) is 2. The van der Waals surface area contributed by atoms with Crippen LogP contribution in [0, 0.1) is 0 Å². The van der Waals surface area contributed by atoms with Gasteiger partial charge in [-0.15, -0.1) is 0 Å². The molecular weight excluding hydrogens is 238 g/mol. The maximum Gasteiger partial charge on any atom is 0.125 e. The molecule has 0 aromatic rings. The Morgan fingerprint density at radius 3 is 1.88 bits per heavy atom. The molecule has 5 heteroatoms. The van der Waals surface area contributed by atoms with Crippen molar-refractivity contribution in [2.24, 2.45) is 11.6 Å². The van der Waals surface area contributed by atoms with Crippen molar-refractivity contribution in [3.63, 3.8) is 0 Å². The van der Waals surface area contributed by atoms with Gasteiger partial charge in [-0.1, -0.05) is 0 Å². The van der Waals surface area contributed by atoms with Crippen molar-refractivity contribution in [1.82, 2.24) is 5.01 Å². The Balaban J connectivity index is 4.00. The largest absolute Gasteiger partial charge is 0.391 e. The standard InChI is InChI=1S/C3H7Br2N3/c1-8(7)3(5)2(4)6/h6-7H2,1H3/b3-2-. The van der Waals surface area contributed by atoms with Crippen LogP contribution in [-0.4, -0.2) is 12.1 Å². The Bertz CT molecular complexity index is 105. The maximum absolute atomic E-state index is 5.26. The average molecular weight is 245 g/mol. The lowest BCUT2D eigenvalue weighted by Gasteiger charge is -2.09. The number of hydrazine groups is 1. The van der Waals surface area contributed by atoms with Crippen molar-refractivity contribution in [2.75, 3.05) is 7.05 Å². The average Bonchev–Trinajstić information content (AvgIpc) is 1.64. The number of halogens is 2. The summed E-state index contributed by atoms with van der Waals surface area (Å²) < 4.78 is 1.13. The first kappa shape index (κ1) is 8.26. The van der Waals surface area contributed by atoms with Crippen molar-refractivity contribution in [2.45, 2.75) is 0 Å². The van der Waals surface area contributed by atoms with Crippen LogP contribution in [0.25, 0.3) is 0 Å². The Hall–Kier alpha value is 0.260. The summed E-state index contributed by atoms with van der Waals surface area (Å²) in [5.74, 6) is 5.26. The number of hydrogen-bond acceptors (Lipinski definition) is 3. The second-order valence-electron chi connectivity index (χ2n) is 1.25. The summed E-state index contributed by atoms with van der Waals surface area (Å²) in [6.45, 7) is 0. The third-order valence-corrected chi connectivity index (χ3v) is 2.40. The van der Waals surface area contributed by atoms with E-state index in [4.69, 9.17) is 11.6 Å². The van der Waals surface area contributed by atoms with Crippen LogP contribution in [-0.2, 0) is 0 Å². The lowest BCUT2D eigenvalue weighted by atomic mass is 10.9. The Labute approximate surface area is 64.9 Å². The summed E-state index contributed by atoms with van der Waals surface area (Å²) in [4.78, 5) is 0. The summed E-state index contributed by atoms with van der Waals surface area (Å²) in [7, 11) is 1.68. The first-order chi connectivity index (χ1) is 3.55. The van der Waals surface area contributed by atoms with Crippen molar-refractivity contribution in [3.05, 3.63) is 9.21 Å². The second kappa shape index (κ2) is 3.32. The summed E-state index contributed by atoms with van der Waals surface area (Å²) in [6, 6.07) is 0. The molecular formula is C3H7Br2N3. The van der Waals surface area contributed by atoms with Gasteiger partial charge in [-0.05, 0) is 31.9 Å². The molecule has 0 aromatic heterocycles. The fraction of sp³-hybridized carbons (Fsp3) is 0.333. The molecule has 0 amide bonds. The highest BCUT2D eigenvalue weighted by atomic mass is 79.9. The molecule has 0 bridgehead atoms. The van der Waals surface area contributed by atoms with Crippen LogP contribution >= 0.6 is 31.9 Å². The molecule has 48 valence electrons. The van der Waals surface area contributed by atoms with E-state index in [0.717, 1.165) is 0 Å². The first-order valence-electron chi connectivity index (χ1n) is 1.85. The minimum Gasteiger partial charge on any atom is -0.391 e. The highest BCUT2D eigenvalue weighted by molar-refractivity contribution is 9.14. The molecule has 0 aliphatic rings. The SMILES string of the molecule is CN(N)/C(Br)=C(\N)Br. The van der Waals surface area contributed by atoms with Crippen LogP contribution in [0.2, 0.25) is 0 Å². The number of rotatable bonds is 1. The van der Waals surface area contributed by atoms with Crippen LogP contribution < -0.4 is 11.6 Å². The molecule has 0 saturated heterocycles. The van der Waals surface area contributed by atoms with Gasteiger partial charge in [-0.25, -0.2) is 5.84 Å². The lowest BCUT2D eigenvalue weighted by molar-refractivity contribution is 0.473. The zero-order valence-corrected chi connectivity index (χ0v) is 7.53. The molecule has 0 rings (SSSR count). The van der Waals surface area contributed by atoms with E-state index >= 15 is 0 Å². The van der Waals surface area contributed by atoms with Crippen LogP contribution in [0.4, 0.5) is 0 Å². The fourth-order valence-corrected chi connectivity index (χ4v) is 0.448. The van der Waals surface area contributed by atoms with Crippen LogP contribution in [0.5, 0.6) is 0 Å². The highest BCUT2D eigenvalue weighted by Gasteiger charge is 1.96. The minimum atomic E-state index is 0.488. The normalized spacial score (nSPS) is 13.0. The van der Waals surface area contributed by atoms with Crippen molar-refractivity contribution in [3.8, 4) is 0 Å². The molecule has 0 aliphatic carbocycles. The number of nitrogens with two attached hydrogens (primary N) is 2. The van der Waals surface area contributed by atoms with Crippen LogP contribution in [0.3, 0.4) is 0 Å². The van der Waals surface area contributed by atoms with E-state index in [0.29, 0.717) is 9.21 Å². The van der Waals surface area contributed by atoms with Gasteiger partial charge in [0.2, 0.25) is 0 Å². The van der Waals surface area contributed by atoms with Crippen molar-refractivity contribution < 1.29 is 0 Å². The summed E-state index contributed by atoms with van der Waals surface area (Å²) in [5, 5.41) is 1.37. The Morgan fingerprint density at radius 2 is 1.88 bits per heavy atom. The van der Waals surface area contributed by atoms with Crippen molar-refractivity contribution >= 4 is 31.9 Å². The van der Waals surface area contributed by atoms with Gasteiger partial charge in [0.25, 0.3) is 0 Å². The lowest BCUT2D eigenvalue weighted by Crippen LogP contribution is -2.23. The Morgan fingerprint density at radius 1 is 1.50 bits per heavy atom. The van der Waals surface area contributed by atoms with Gasteiger partial charge in [0.1, 0.15) is 9.21 Å². The summed E-state index contributed by atoms with van der Waals surface area (Å²) >= 11 is 6.14. The molecule has 0 radical (unpaired) electrons. The third kappa shape index (κ3) is 2.54. The smallest absolute Gasteiger partial charge is 0.125 e. The summed E-state index contributed by atoms with van der Waals surface area (Å²) in [6.07, 6.45) is 0. The molecule has 0 aromatic carbocycles. The molecule has 4 N–H and O–H groups in total. The molecule has 0 heterocycles. The third-order valence-electron chi connectivity index (χ3n) is 0.507. The van der Waals surface area contributed by atoms with Gasteiger partial charge in [0, 0.05) is 7.05 Å². The van der Waals surface area contributed by atoms with Gasteiger partial charge >= 0.3 is 0 Å². The zero-order valence-electron chi connectivity index (χ0n) is 4.36. The predicted octanol–water partition coefficient (Wildman–Crippen LogP) is 0.667. The highest BCUT2D eigenvalue weighted by Crippen LogP contribution is 2.12. The molecule has 0 spiro atoms. The van der Waals surface area contributed by atoms with Crippen LogP contribution in [0.1, 0.15) is 0 Å². The van der Waals surface area contributed by atoms with Gasteiger partial charge in [0.05, 0.1) is 0 Å². The molecule has 0 aliphatic heterocycles.